The number of nitrogens with zero attached hydrogens (tertiary/aromatic N) is 1. The summed E-state index contributed by atoms with van der Waals surface area (Å²) in [7, 11) is 1.88. The Morgan fingerprint density at radius 1 is 1.34 bits per heavy atom. The van der Waals surface area contributed by atoms with Crippen molar-refractivity contribution < 1.29 is 35.1 Å². The average Bonchev–Trinajstić information content (AvgIpc) is 3.06. The molecule has 170 valence electrons. The average molecular weight is 437 g/mol. The Hall–Kier alpha value is -0.460. The molecule has 0 aromatic rings. The van der Waals surface area contributed by atoms with Crippen LogP contribution in [-0.4, -0.2) is 110 Å². The van der Waals surface area contributed by atoms with Gasteiger partial charge in [0.1, 0.15) is 24.4 Å². The lowest BCUT2D eigenvalue weighted by Crippen LogP contribution is -2.70. The molecule has 0 aromatic heterocycles. The molecule has 0 aromatic carbocycles. The maximum Gasteiger partial charge on any atom is 0.237 e. The molecule has 2 saturated heterocycles. The number of thioether (sulfide) groups is 1. The molecule has 9 nitrogen and oxygen atoms in total. The minimum atomic E-state index is -1.60. The number of rotatable bonds is 8. The van der Waals surface area contributed by atoms with Crippen LogP contribution in [0, 0.1) is 5.92 Å². The summed E-state index contributed by atoms with van der Waals surface area (Å²) in [6, 6.07) is -1.39. The van der Waals surface area contributed by atoms with Gasteiger partial charge in [0.25, 0.3) is 0 Å². The number of aliphatic hydroxyl groups excluding tert-OH is 5. The summed E-state index contributed by atoms with van der Waals surface area (Å²) >= 11 is 0.994. The number of aliphatic hydroxyl groups is 5. The maximum absolute atomic E-state index is 12.9. The zero-order chi connectivity index (χ0) is 21.9. The standard InChI is InChI=1S/C19H36N2O7S/c1-5-6-11-7-12(21(3)8-11)18(27)20-13(10(2)23)16-14(24)15(25)17(26)19(9-22,28-16)29-4/h10-17,22-26H,5-9H2,1-4H3,(H,20,27)/t10-,11-,12+,13-,14-,15+,16-,17-,19-/m1/s1. The Kier molecular flexibility index (Phi) is 8.75. The van der Waals surface area contributed by atoms with Crippen LogP contribution >= 0.6 is 11.8 Å². The van der Waals surface area contributed by atoms with Crippen molar-refractivity contribution >= 4 is 17.7 Å². The van der Waals surface area contributed by atoms with E-state index in [1.165, 1.54) is 6.92 Å². The number of likely N-dealkylation sites (N-methyl/N-ethyl adjacent to an activating group) is 1. The highest BCUT2D eigenvalue weighted by atomic mass is 32.2. The van der Waals surface area contributed by atoms with E-state index in [-0.39, 0.29) is 11.9 Å². The van der Waals surface area contributed by atoms with E-state index in [4.69, 9.17) is 4.74 Å². The zero-order valence-corrected chi connectivity index (χ0v) is 18.4. The molecule has 9 atom stereocenters. The van der Waals surface area contributed by atoms with Crippen molar-refractivity contribution in [1.82, 2.24) is 10.2 Å². The molecular weight excluding hydrogens is 400 g/mol. The smallest absolute Gasteiger partial charge is 0.237 e. The predicted octanol–water partition coefficient (Wildman–Crippen LogP) is -1.49. The van der Waals surface area contributed by atoms with Crippen molar-refractivity contribution in [2.45, 2.75) is 80.6 Å². The molecule has 0 unspecified atom stereocenters. The molecule has 0 aliphatic carbocycles. The summed E-state index contributed by atoms with van der Waals surface area (Å²) in [5.41, 5.74) is 0. The molecule has 29 heavy (non-hydrogen) atoms. The van der Waals surface area contributed by atoms with E-state index < -0.39 is 48.1 Å². The van der Waals surface area contributed by atoms with Crippen LogP contribution in [0.25, 0.3) is 0 Å². The lowest BCUT2D eigenvalue weighted by atomic mass is 9.89. The van der Waals surface area contributed by atoms with Crippen molar-refractivity contribution in [1.29, 1.82) is 0 Å². The largest absolute Gasteiger partial charge is 0.392 e. The molecule has 10 heteroatoms. The van der Waals surface area contributed by atoms with E-state index in [0.717, 1.165) is 31.1 Å². The van der Waals surface area contributed by atoms with Gasteiger partial charge in [0.15, 0.2) is 4.93 Å². The maximum atomic E-state index is 12.9. The summed E-state index contributed by atoms with van der Waals surface area (Å²) in [5.74, 6) is 0.143. The molecular formula is C19H36N2O7S. The molecule has 6 N–H and O–H groups in total. The third-order valence-electron chi connectivity index (χ3n) is 6.18. The molecule has 2 fully saturated rings. The second-order valence-corrected chi connectivity index (χ2v) is 9.40. The van der Waals surface area contributed by atoms with Crippen molar-refractivity contribution in [3.8, 4) is 0 Å². The summed E-state index contributed by atoms with van der Waals surface area (Å²) in [6.07, 6.45) is -2.61. The Balaban J connectivity index is 2.19. The van der Waals surface area contributed by atoms with Crippen LogP contribution in [-0.2, 0) is 9.53 Å². The minimum absolute atomic E-state index is 0.285. The second-order valence-electron chi connectivity index (χ2n) is 8.30. The Morgan fingerprint density at radius 2 is 2.00 bits per heavy atom. The minimum Gasteiger partial charge on any atom is -0.392 e. The summed E-state index contributed by atoms with van der Waals surface area (Å²) in [6.45, 7) is 3.77. The molecule has 0 spiro atoms. The summed E-state index contributed by atoms with van der Waals surface area (Å²) in [4.78, 5) is 13.4. The van der Waals surface area contributed by atoms with Crippen molar-refractivity contribution in [2.24, 2.45) is 5.92 Å². The molecule has 0 radical (unpaired) electrons. The first-order valence-corrected chi connectivity index (χ1v) is 11.4. The normalized spacial score (nSPS) is 40.6. The topological polar surface area (TPSA) is 143 Å². The molecule has 0 saturated carbocycles. The molecule has 1 amide bonds. The first-order chi connectivity index (χ1) is 13.6. The third-order valence-corrected chi connectivity index (χ3v) is 7.34. The Morgan fingerprint density at radius 3 is 2.52 bits per heavy atom. The van der Waals surface area contributed by atoms with Gasteiger partial charge in [-0.15, -0.1) is 11.8 Å². The quantitative estimate of drug-likeness (QED) is 0.268. The van der Waals surface area contributed by atoms with Gasteiger partial charge in [-0.05, 0) is 39.0 Å². The molecule has 2 rings (SSSR count). The van der Waals surface area contributed by atoms with Gasteiger partial charge in [-0.2, -0.15) is 0 Å². The monoisotopic (exact) mass is 436 g/mol. The second kappa shape index (κ2) is 10.2. The number of nitrogens with one attached hydrogen (secondary N) is 1. The Labute approximate surface area is 176 Å². The number of carbonyl (C=O) groups is 1. The van der Waals surface area contributed by atoms with Gasteiger partial charge in [-0.3, -0.25) is 9.69 Å². The number of ether oxygens (including phenoxy) is 1. The highest BCUT2D eigenvalue weighted by Gasteiger charge is 2.55. The van der Waals surface area contributed by atoms with Crippen LogP contribution < -0.4 is 5.32 Å². The number of amides is 1. The van der Waals surface area contributed by atoms with Gasteiger partial charge < -0.3 is 35.6 Å². The highest BCUT2D eigenvalue weighted by molar-refractivity contribution is 7.99. The zero-order valence-electron chi connectivity index (χ0n) is 17.6. The van der Waals surface area contributed by atoms with Crippen molar-refractivity contribution in [3.63, 3.8) is 0 Å². The summed E-state index contributed by atoms with van der Waals surface area (Å²) in [5, 5.41) is 54.0. The fourth-order valence-electron chi connectivity index (χ4n) is 4.43. The fraction of sp³-hybridized carbons (Fsp3) is 0.947. The van der Waals surface area contributed by atoms with Crippen molar-refractivity contribution in [2.75, 3.05) is 26.5 Å². The lowest BCUT2D eigenvalue weighted by molar-refractivity contribution is -0.253. The highest BCUT2D eigenvalue weighted by Crippen LogP contribution is 2.38. The SMILES string of the molecule is CCC[C@@H]1C[C@@H](C(=O)N[C@@H]([C@H]2O[C@](CO)(SC)[C@H](O)[C@@H](O)[C@H]2O)[C@@H](C)O)N(C)C1. The first kappa shape index (κ1) is 24.8. The third kappa shape index (κ3) is 5.07. The van der Waals surface area contributed by atoms with E-state index in [2.05, 4.69) is 12.2 Å². The predicted molar refractivity (Wildman–Crippen MR) is 109 cm³/mol. The van der Waals surface area contributed by atoms with E-state index in [1.54, 1.807) is 6.26 Å². The van der Waals surface area contributed by atoms with E-state index >= 15 is 0 Å². The van der Waals surface area contributed by atoms with Crippen LogP contribution in [0.3, 0.4) is 0 Å². The van der Waals surface area contributed by atoms with Gasteiger partial charge >= 0.3 is 0 Å². The van der Waals surface area contributed by atoms with E-state index in [0.29, 0.717) is 12.3 Å². The van der Waals surface area contributed by atoms with Crippen LogP contribution in [0.1, 0.15) is 33.1 Å². The van der Waals surface area contributed by atoms with Crippen LogP contribution in [0.4, 0.5) is 0 Å². The number of carbonyl (C=O) groups excluding carboxylic acids is 1. The first-order valence-electron chi connectivity index (χ1n) is 10.2. The van der Waals surface area contributed by atoms with E-state index in [1.807, 2.05) is 11.9 Å². The van der Waals surface area contributed by atoms with Gasteiger partial charge in [-0.1, -0.05) is 13.3 Å². The van der Waals surface area contributed by atoms with Gasteiger partial charge in [0.05, 0.1) is 24.8 Å². The van der Waals surface area contributed by atoms with Crippen LogP contribution in [0.5, 0.6) is 0 Å². The summed E-state index contributed by atoms with van der Waals surface area (Å²) < 4.78 is 5.81. The van der Waals surface area contributed by atoms with Crippen LogP contribution in [0.15, 0.2) is 0 Å². The Bertz CT molecular complexity index is 549. The van der Waals surface area contributed by atoms with Gasteiger partial charge in [0, 0.05) is 6.54 Å². The number of hydrogen-bond donors (Lipinski definition) is 6. The molecule has 2 heterocycles. The number of hydrogen-bond acceptors (Lipinski definition) is 9. The fourth-order valence-corrected chi connectivity index (χ4v) is 5.15. The van der Waals surface area contributed by atoms with E-state index in [9.17, 15) is 30.3 Å². The van der Waals surface area contributed by atoms with Crippen molar-refractivity contribution in [3.05, 3.63) is 0 Å². The van der Waals surface area contributed by atoms with Gasteiger partial charge in [0.2, 0.25) is 5.91 Å². The molecule has 0 bridgehead atoms. The number of likely N-dealkylation sites (tertiary alicyclic amines) is 1. The lowest BCUT2D eigenvalue weighted by Gasteiger charge is -2.49. The molecule has 2 aliphatic heterocycles. The van der Waals surface area contributed by atoms with Gasteiger partial charge in [-0.25, -0.2) is 0 Å². The van der Waals surface area contributed by atoms with Crippen LogP contribution in [0.2, 0.25) is 0 Å². The molecule has 2 aliphatic rings.